The van der Waals surface area contributed by atoms with E-state index in [0.29, 0.717) is 22.8 Å². The van der Waals surface area contributed by atoms with Crippen LogP contribution in [0.25, 0.3) is 0 Å². The molecule has 0 radical (unpaired) electrons. The van der Waals surface area contributed by atoms with Crippen molar-refractivity contribution >= 4 is 17.9 Å². The summed E-state index contributed by atoms with van der Waals surface area (Å²) in [5.41, 5.74) is 1.03. The molecule has 0 unspecified atom stereocenters. The van der Waals surface area contributed by atoms with E-state index in [1.807, 2.05) is 6.92 Å². The van der Waals surface area contributed by atoms with Crippen LogP contribution in [0.3, 0.4) is 0 Å². The highest BCUT2D eigenvalue weighted by atomic mass is 35.5. The van der Waals surface area contributed by atoms with Gasteiger partial charge in [-0.25, -0.2) is 4.39 Å². The molecule has 0 amide bonds. The highest BCUT2D eigenvalue weighted by molar-refractivity contribution is 6.31. The standard InChI is InChI=1S/C14H10ClFO2/c1-9-6-12(3-4-13(9)15)18-14-5-2-11(16)7-10(14)8-17/h2-8H,1H3. The predicted octanol–water partition coefficient (Wildman–Crippen LogP) is 4.39. The fourth-order valence-corrected chi connectivity index (χ4v) is 1.63. The Kier molecular flexibility index (Phi) is 3.63. The molecule has 0 aliphatic heterocycles. The van der Waals surface area contributed by atoms with Crippen LogP contribution in [0.2, 0.25) is 5.02 Å². The number of aryl methyl sites for hydroxylation is 1. The summed E-state index contributed by atoms with van der Waals surface area (Å²) in [7, 11) is 0. The minimum atomic E-state index is -0.475. The zero-order chi connectivity index (χ0) is 13.1. The van der Waals surface area contributed by atoms with Gasteiger partial charge in [-0.1, -0.05) is 11.6 Å². The predicted molar refractivity (Wildman–Crippen MR) is 68.1 cm³/mol. The SMILES string of the molecule is Cc1cc(Oc2ccc(F)cc2C=O)ccc1Cl. The molecule has 0 saturated carbocycles. The third kappa shape index (κ3) is 2.68. The summed E-state index contributed by atoms with van der Waals surface area (Å²) in [6.45, 7) is 1.85. The summed E-state index contributed by atoms with van der Waals surface area (Å²) in [5.74, 6) is 0.386. The van der Waals surface area contributed by atoms with Crippen molar-refractivity contribution < 1.29 is 13.9 Å². The van der Waals surface area contributed by atoms with Crippen molar-refractivity contribution in [3.05, 3.63) is 58.4 Å². The van der Waals surface area contributed by atoms with E-state index < -0.39 is 5.82 Å². The van der Waals surface area contributed by atoms with Crippen LogP contribution in [0.5, 0.6) is 11.5 Å². The minimum absolute atomic E-state index is 0.169. The van der Waals surface area contributed by atoms with Crippen LogP contribution in [0, 0.1) is 12.7 Å². The largest absolute Gasteiger partial charge is 0.457 e. The zero-order valence-corrected chi connectivity index (χ0v) is 10.4. The third-order valence-electron chi connectivity index (χ3n) is 2.46. The second-order valence-corrected chi connectivity index (χ2v) is 4.22. The van der Waals surface area contributed by atoms with Gasteiger partial charge in [-0.05, 0) is 48.9 Å². The molecule has 0 atom stereocenters. The second-order valence-electron chi connectivity index (χ2n) is 3.81. The van der Waals surface area contributed by atoms with Gasteiger partial charge in [-0.2, -0.15) is 0 Å². The number of carbonyl (C=O) groups excluding carboxylic acids is 1. The highest BCUT2D eigenvalue weighted by Crippen LogP contribution is 2.28. The number of hydrogen-bond donors (Lipinski definition) is 0. The molecular weight excluding hydrogens is 255 g/mol. The lowest BCUT2D eigenvalue weighted by molar-refractivity contribution is 0.112. The first kappa shape index (κ1) is 12.6. The molecule has 0 bridgehead atoms. The molecule has 0 saturated heterocycles. The Morgan fingerprint density at radius 2 is 2.00 bits per heavy atom. The van der Waals surface area contributed by atoms with Crippen molar-refractivity contribution in [2.45, 2.75) is 6.92 Å². The molecule has 0 aliphatic carbocycles. The van der Waals surface area contributed by atoms with Crippen LogP contribution < -0.4 is 4.74 Å². The van der Waals surface area contributed by atoms with Crippen LogP contribution in [0.15, 0.2) is 36.4 Å². The first-order chi connectivity index (χ1) is 8.60. The van der Waals surface area contributed by atoms with E-state index in [4.69, 9.17) is 16.3 Å². The number of benzene rings is 2. The van der Waals surface area contributed by atoms with E-state index in [1.54, 1.807) is 18.2 Å². The van der Waals surface area contributed by atoms with Gasteiger partial charge in [0.15, 0.2) is 6.29 Å². The Bertz CT molecular complexity index is 596. The molecular formula is C14H10ClFO2. The van der Waals surface area contributed by atoms with Gasteiger partial charge in [0.05, 0.1) is 5.56 Å². The quantitative estimate of drug-likeness (QED) is 0.769. The second kappa shape index (κ2) is 5.19. The van der Waals surface area contributed by atoms with E-state index in [-0.39, 0.29) is 5.56 Å². The topological polar surface area (TPSA) is 26.3 Å². The summed E-state index contributed by atoms with van der Waals surface area (Å²) in [6, 6.07) is 8.93. The number of hydrogen-bond acceptors (Lipinski definition) is 2. The normalized spacial score (nSPS) is 10.2. The van der Waals surface area contributed by atoms with Crippen molar-refractivity contribution in [2.75, 3.05) is 0 Å². The van der Waals surface area contributed by atoms with Gasteiger partial charge < -0.3 is 4.74 Å². The summed E-state index contributed by atoms with van der Waals surface area (Å²) in [5, 5.41) is 0.636. The van der Waals surface area contributed by atoms with Crippen molar-refractivity contribution in [1.82, 2.24) is 0 Å². The van der Waals surface area contributed by atoms with Crippen LogP contribution in [0.1, 0.15) is 15.9 Å². The molecule has 0 spiro atoms. The monoisotopic (exact) mass is 264 g/mol. The van der Waals surface area contributed by atoms with Crippen molar-refractivity contribution in [1.29, 1.82) is 0 Å². The van der Waals surface area contributed by atoms with E-state index in [1.165, 1.54) is 12.1 Å². The molecule has 18 heavy (non-hydrogen) atoms. The summed E-state index contributed by atoms with van der Waals surface area (Å²) in [6.07, 6.45) is 0.557. The molecule has 0 fully saturated rings. The molecule has 2 aromatic carbocycles. The van der Waals surface area contributed by atoms with Gasteiger partial charge in [0, 0.05) is 5.02 Å². The van der Waals surface area contributed by atoms with E-state index in [2.05, 4.69) is 0 Å². The Labute approximate surface area is 109 Å². The molecule has 0 aromatic heterocycles. The van der Waals surface area contributed by atoms with Gasteiger partial charge in [-0.3, -0.25) is 4.79 Å². The Morgan fingerprint density at radius 3 is 2.67 bits per heavy atom. The maximum atomic E-state index is 13.0. The lowest BCUT2D eigenvalue weighted by Gasteiger charge is -2.09. The van der Waals surface area contributed by atoms with Gasteiger partial charge in [0.25, 0.3) is 0 Å². The van der Waals surface area contributed by atoms with Crippen LogP contribution >= 0.6 is 11.6 Å². The lowest BCUT2D eigenvalue weighted by atomic mass is 10.2. The van der Waals surface area contributed by atoms with Crippen LogP contribution in [-0.4, -0.2) is 6.29 Å². The Hall–Kier alpha value is -1.87. The van der Waals surface area contributed by atoms with E-state index >= 15 is 0 Å². The molecule has 4 heteroatoms. The zero-order valence-electron chi connectivity index (χ0n) is 9.61. The fraction of sp³-hybridized carbons (Fsp3) is 0.0714. The van der Waals surface area contributed by atoms with Crippen molar-refractivity contribution in [3.8, 4) is 11.5 Å². The average molecular weight is 265 g/mol. The van der Waals surface area contributed by atoms with Crippen LogP contribution in [0.4, 0.5) is 4.39 Å². The van der Waals surface area contributed by atoms with E-state index in [9.17, 15) is 9.18 Å². The van der Waals surface area contributed by atoms with Gasteiger partial charge in [0.2, 0.25) is 0 Å². The molecule has 0 heterocycles. The Balaban J connectivity index is 2.33. The summed E-state index contributed by atoms with van der Waals surface area (Å²) < 4.78 is 18.5. The lowest BCUT2D eigenvalue weighted by Crippen LogP contribution is -1.92. The van der Waals surface area contributed by atoms with Gasteiger partial charge in [0.1, 0.15) is 17.3 Å². The van der Waals surface area contributed by atoms with E-state index in [0.717, 1.165) is 11.6 Å². The fourth-order valence-electron chi connectivity index (χ4n) is 1.51. The smallest absolute Gasteiger partial charge is 0.153 e. The number of aldehydes is 1. The van der Waals surface area contributed by atoms with Crippen LogP contribution in [-0.2, 0) is 0 Å². The third-order valence-corrected chi connectivity index (χ3v) is 2.88. The molecule has 2 nitrogen and oxygen atoms in total. The van der Waals surface area contributed by atoms with Gasteiger partial charge >= 0.3 is 0 Å². The molecule has 92 valence electrons. The first-order valence-electron chi connectivity index (χ1n) is 5.29. The Morgan fingerprint density at radius 1 is 1.22 bits per heavy atom. The average Bonchev–Trinajstić information content (AvgIpc) is 2.36. The number of ether oxygens (including phenoxy) is 1. The summed E-state index contributed by atoms with van der Waals surface area (Å²) in [4.78, 5) is 10.8. The molecule has 2 aromatic rings. The highest BCUT2D eigenvalue weighted by Gasteiger charge is 2.06. The minimum Gasteiger partial charge on any atom is -0.457 e. The first-order valence-corrected chi connectivity index (χ1v) is 5.66. The maximum Gasteiger partial charge on any atom is 0.153 e. The molecule has 0 N–H and O–H groups in total. The number of carbonyl (C=O) groups is 1. The van der Waals surface area contributed by atoms with Crippen molar-refractivity contribution in [3.63, 3.8) is 0 Å². The number of halogens is 2. The summed E-state index contributed by atoms with van der Waals surface area (Å²) >= 11 is 5.90. The number of rotatable bonds is 3. The molecule has 0 aliphatic rings. The van der Waals surface area contributed by atoms with Crippen molar-refractivity contribution in [2.24, 2.45) is 0 Å². The maximum absolute atomic E-state index is 13.0. The van der Waals surface area contributed by atoms with Gasteiger partial charge in [-0.15, -0.1) is 0 Å². The molecule has 2 rings (SSSR count).